The molecule has 1 heterocycles. The maximum Gasteiger partial charge on any atom is 0.238 e. The summed E-state index contributed by atoms with van der Waals surface area (Å²) in [6.07, 6.45) is 14.9. The fraction of sp³-hybridized carbons (Fsp3) is 0.714. The second-order valence-corrected chi connectivity index (χ2v) is 5.62. The van der Waals surface area contributed by atoms with Gasteiger partial charge in [-0.15, -0.1) is 0 Å². The molecule has 0 amide bonds. The van der Waals surface area contributed by atoms with E-state index in [-0.39, 0.29) is 5.41 Å². The molecule has 0 aliphatic heterocycles. The Morgan fingerprint density at radius 1 is 1.18 bits per heavy atom. The first-order valence-corrected chi connectivity index (χ1v) is 6.86. The molecular formula is C14H20N2O. The number of carbonyl (C=O) groups is 1. The fourth-order valence-electron chi connectivity index (χ4n) is 3.92. The van der Waals surface area contributed by atoms with Gasteiger partial charge in [0.2, 0.25) is 5.91 Å². The van der Waals surface area contributed by atoms with Gasteiger partial charge >= 0.3 is 0 Å². The molecule has 0 unspecified atom stereocenters. The van der Waals surface area contributed by atoms with Crippen molar-refractivity contribution in [1.82, 2.24) is 9.55 Å². The Kier molecular flexibility index (Phi) is 2.77. The molecule has 2 saturated carbocycles. The summed E-state index contributed by atoms with van der Waals surface area (Å²) in [6, 6.07) is 0. The van der Waals surface area contributed by atoms with E-state index in [2.05, 4.69) is 4.98 Å². The van der Waals surface area contributed by atoms with Crippen LogP contribution in [0.25, 0.3) is 0 Å². The average Bonchev–Trinajstić information content (AvgIpc) is 2.91. The molecule has 2 aliphatic carbocycles. The standard InChI is InChI=1S/C14H20N2O/c17-13(16-10-9-15-11-16)14-7-3-1-5-12(14)6-2-4-8-14/h9-12H,1-8H2. The lowest BCUT2D eigenvalue weighted by Crippen LogP contribution is -2.45. The Hall–Kier alpha value is -1.12. The zero-order valence-electron chi connectivity index (χ0n) is 10.3. The number of hydrogen-bond acceptors (Lipinski definition) is 2. The molecule has 0 radical (unpaired) electrons. The van der Waals surface area contributed by atoms with Gasteiger partial charge in [0.05, 0.1) is 5.41 Å². The highest BCUT2D eigenvalue weighted by molar-refractivity contribution is 5.85. The maximum absolute atomic E-state index is 12.7. The normalized spacial score (nSPS) is 33.1. The van der Waals surface area contributed by atoms with Crippen molar-refractivity contribution in [2.45, 2.75) is 51.4 Å². The topological polar surface area (TPSA) is 34.9 Å². The van der Waals surface area contributed by atoms with Gasteiger partial charge in [-0.2, -0.15) is 0 Å². The predicted molar refractivity (Wildman–Crippen MR) is 65.7 cm³/mol. The number of hydrogen-bond donors (Lipinski definition) is 0. The first kappa shape index (κ1) is 11.0. The van der Waals surface area contributed by atoms with Crippen molar-refractivity contribution < 1.29 is 4.79 Å². The summed E-state index contributed by atoms with van der Waals surface area (Å²) in [5.41, 5.74) is -0.0583. The molecule has 2 aliphatic rings. The third kappa shape index (κ3) is 1.72. The van der Waals surface area contributed by atoms with E-state index >= 15 is 0 Å². The number of aromatic nitrogens is 2. The van der Waals surface area contributed by atoms with Crippen LogP contribution in [0.5, 0.6) is 0 Å². The molecule has 0 saturated heterocycles. The molecule has 0 bridgehead atoms. The molecule has 92 valence electrons. The van der Waals surface area contributed by atoms with Crippen LogP contribution in [0.1, 0.15) is 56.2 Å². The van der Waals surface area contributed by atoms with Gasteiger partial charge in [-0.3, -0.25) is 9.36 Å². The Morgan fingerprint density at radius 2 is 1.88 bits per heavy atom. The van der Waals surface area contributed by atoms with Crippen molar-refractivity contribution >= 4 is 5.91 Å². The summed E-state index contributed by atoms with van der Waals surface area (Å²) in [6.45, 7) is 0. The molecular weight excluding hydrogens is 212 g/mol. The minimum Gasteiger partial charge on any atom is -0.276 e. The van der Waals surface area contributed by atoms with Crippen LogP contribution in [-0.2, 0) is 0 Å². The van der Waals surface area contributed by atoms with Crippen molar-refractivity contribution in [3.63, 3.8) is 0 Å². The lowest BCUT2D eigenvalue weighted by Gasteiger charge is -2.46. The smallest absolute Gasteiger partial charge is 0.238 e. The van der Waals surface area contributed by atoms with E-state index in [9.17, 15) is 4.79 Å². The van der Waals surface area contributed by atoms with E-state index in [4.69, 9.17) is 0 Å². The second-order valence-electron chi connectivity index (χ2n) is 5.62. The maximum atomic E-state index is 12.7. The first-order valence-electron chi connectivity index (χ1n) is 6.86. The van der Waals surface area contributed by atoms with Gasteiger partial charge in [0, 0.05) is 12.4 Å². The largest absolute Gasteiger partial charge is 0.276 e. The Balaban J connectivity index is 1.93. The van der Waals surface area contributed by atoms with Gasteiger partial charge in [0.1, 0.15) is 6.33 Å². The quantitative estimate of drug-likeness (QED) is 0.744. The van der Waals surface area contributed by atoms with Crippen molar-refractivity contribution in [2.24, 2.45) is 11.3 Å². The molecule has 0 spiro atoms. The van der Waals surface area contributed by atoms with E-state index in [1.54, 1.807) is 23.3 Å². The van der Waals surface area contributed by atoms with Crippen LogP contribution in [0.4, 0.5) is 0 Å². The molecule has 0 atom stereocenters. The van der Waals surface area contributed by atoms with Crippen LogP contribution < -0.4 is 0 Å². The molecule has 17 heavy (non-hydrogen) atoms. The Morgan fingerprint density at radius 3 is 2.47 bits per heavy atom. The highest BCUT2D eigenvalue weighted by atomic mass is 16.2. The number of carbonyl (C=O) groups excluding carboxylic acids is 1. The third-order valence-corrected chi connectivity index (χ3v) is 4.80. The number of rotatable bonds is 1. The van der Waals surface area contributed by atoms with Gasteiger partial charge in [-0.05, 0) is 31.6 Å². The summed E-state index contributed by atoms with van der Waals surface area (Å²) in [5.74, 6) is 0.930. The third-order valence-electron chi connectivity index (χ3n) is 4.80. The van der Waals surface area contributed by atoms with Crippen LogP contribution >= 0.6 is 0 Å². The van der Waals surface area contributed by atoms with Crippen LogP contribution in [-0.4, -0.2) is 15.5 Å². The lowest BCUT2D eigenvalue weighted by molar-refractivity contribution is 0.0253. The van der Waals surface area contributed by atoms with Gasteiger partial charge in [-0.25, -0.2) is 4.98 Å². The molecule has 0 N–H and O–H groups in total. The zero-order chi connectivity index (χ0) is 11.7. The Labute approximate surface area is 102 Å². The van der Waals surface area contributed by atoms with E-state index in [0.717, 1.165) is 12.8 Å². The first-order chi connectivity index (χ1) is 8.33. The summed E-state index contributed by atoms with van der Waals surface area (Å²) < 4.78 is 1.71. The monoisotopic (exact) mass is 232 g/mol. The van der Waals surface area contributed by atoms with Gasteiger partial charge in [-0.1, -0.05) is 25.7 Å². The minimum atomic E-state index is -0.0583. The highest BCUT2D eigenvalue weighted by Gasteiger charge is 2.48. The van der Waals surface area contributed by atoms with E-state index in [1.807, 2.05) is 0 Å². The SMILES string of the molecule is O=C(n1ccnc1)C12CCCCC1CCCC2. The summed E-state index contributed by atoms with van der Waals surface area (Å²) in [7, 11) is 0. The predicted octanol–water partition coefficient (Wildman–Crippen LogP) is 3.27. The van der Waals surface area contributed by atoms with Crippen molar-refractivity contribution in [3.8, 4) is 0 Å². The van der Waals surface area contributed by atoms with E-state index in [1.165, 1.54) is 38.5 Å². The molecule has 2 fully saturated rings. The van der Waals surface area contributed by atoms with Gasteiger partial charge in [0.25, 0.3) is 0 Å². The second kappa shape index (κ2) is 4.28. The fourth-order valence-corrected chi connectivity index (χ4v) is 3.92. The van der Waals surface area contributed by atoms with Crippen molar-refractivity contribution in [3.05, 3.63) is 18.7 Å². The molecule has 0 aromatic carbocycles. The summed E-state index contributed by atoms with van der Waals surface area (Å²) in [4.78, 5) is 16.8. The molecule has 3 nitrogen and oxygen atoms in total. The Bertz CT molecular complexity index is 384. The van der Waals surface area contributed by atoms with E-state index < -0.39 is 0 Å². The van der Waals surface area contributed by atoms with Crippen LogP contribution in [0, 0.1) is 11.3 Å². The number of nitrogens with zero attached hydrogens (tertiary/aromatic N) is 2. The molecule has 1 aromatic heterocycles. The molecule has 3 rings (SSSR count). The highest BCUT2D eigenvalue weighted by Crippen LogP contribution is 2.51. The van der Waals surface area contributed by atoms with Crippen LogP contribution in [0.2, 0.25) is 0 Å². The zero-order valence-corrected chi connectivity index (χ0v) is 10.3. The summed E-state index contributed by atoms with van der Waals surface area (Å²) in [5, 5.41) is 0. The van der Waals surface area contributed by atoms with Crippen molar-refractivity contribution in [2.75, 3.05) is 0 Å². The lowest BCUT2D eigenvalue weighted by atomic mass is 9.59. The minimum absolute atomic E-state index is 0.0583. The van der Waals surface area contributed by atoms with Crippen LogP contribution in [0.3, 0.4) is 0 Å². The van der Waals surface area contributed by atoms with Gasteiger partial charge < -0.3 is 0 Å². The summed E-state index contributed by atoms with van der Waals surface area (Å²) >= 11 is 0. The number of imidazole rings is 1. The molecule has 3 heteroatoms. The molecule has 1 aromatic rings. The number of fused-ring (bicyclic) bond motifs is 1. The van der Waals surface area contributed by atoms with Crippen LogP contribution in [0.15, 0.2) is 18.7 Å². The van der Waals surface area contributed by atoms with E-state index in [0.29, 0.717) is 11.8 Å². The van der Waals surface area contributed by atoms with Gasteiger partial charge in [0.15, 0.2) is 0 Å². The van der Waals surface area contributed by atoms with Crippen molar-refractivity contribution in [1.29, 1.82) is 0 Å². The average molecular weight is 232 g/mol.